The summed E-state index contributed by atoms with van der Waals surface area (Å²) in [7, 11) is 0. The maximum Gasteiger partial charge on any atom is 0.156 e. The van der Waals surface area contributed by atoms with Crippen LogP contribution in [-0.4, -0.2) is 33.3 Å². The summed E-state index contributed by atoms with van der Waals surface area (Å²) in [6.07, 6.45) is 1.65. The van der Waals surface area contributed by atoms with Crippen LogP contribution in [0.3, 0.4) is 0 Å². The van der Waals surface area contributed by atoms with Crippen molar-refractivity contribution in [3.8, 4) is 0 Å². The van der Waals surface area contributed by atoms with Crippen molar-refractivity contribution in [1.29, 1.82) is 0 Å². The molecule has 0 aromatic carbocycles. The highest BCUT2D eigenvalue weighted by Crippen LogP contribution is 2.23. The fourth-order valence-corrected chi connectivity index (χ4v) is 1.27. The van der Waals surface area contributed by atoms with E-state index in [0.717, 1.165) is 12.8 Å². The summed E-state index contributed by atoms with van der Waals surface area (Å²) in [5, 5.41) is 25.2. The lowest BCUT2D eigenvalue weighted by Crippen LogP contribution is -2.15. The van der Waals surface area contributed by atoms with Crippen LogP contribution in [0.5, 0.6) is 0 Å². The molecule has 80 valence electrons. The second kappa shape index (κ2) is 4.91. The summed E-state index contributed by atoms with van der Waals surface area (Å²) >= 11 is 0. The Hall–Kier alpha value is -0.160. The first-order chi connectivity index (χ1) is 5.70. The van der Waals surface area contributed by atoms with Gasteiger partial charge in [0.15, 0.2) is 5.79 Å². The maximum absolute atomic E-state index is 9.09. The second-order valence-corrected chi connectivity index (χ2v) is 4.27. The summed E-state index contributed by atoms with van der Waals surface area (Å²) in [6, 6.07) is 0.250. The summed E-state index contributed by atoms with van der Waals surface area (Å²) in [4.78, 5) is 0. The van der Waals surface area contributed by atoms with Gasteiger partial charge in [-0.05, 0) is 32.6 Å². The first-order valence-corrected chi connectivity index (χ1v) is 4.58. The van der Waals surface area contributed by atoms with E-state index in [1.807, 2.05) is 6.92 Å². The molecule has 0 aromatic rings. The maximum atomic E-state index is 9.09. The number of aliphatic hydroxyl groups is 3. The van der Waals surface area contributed by atoms with Crippen molar-refractivity contribution in [2.45, 2.75) is 51.5 Å². The molecule has 0 aromatic heterocycles. The molecule has 0 spiro atoms. The summed E-state index contributed by atoms with van der Waals surface area (Å²) in [5.74, 6) is -1.08. The van der Waals surface area contributed by atoms with E-state index in [0.29, 0.717) is 5.92 Å². The van der Waals surface area contributed by atoms with Gasteiger partial charge in [0.2, 0.25) is 0 Å². The van der Waals surface area contributed by atoms with E-state index in [1.165, 1.54) is 13.8 Å². The third kappa shape index (κ3) is 8.18. The fraction of sp³-hybridized carbons (Fsp3) is 1.00. The Balaban J connectivity index is 0.000000252. The van der Waals surface area contributed by atoms with Crippen molar-refractivity contribution < 1.29 is 15.3 Å². The van der Waals surface area contributed by atoms with E-state index < -0.39 is 5.79 Å². The Kier molecular flexibility index (Phi) is 4.85. The monoisotopic (exact) mass is 191 g/mol. The molecule has 1 fully saturated rings. The SMILES string of the molecule is CC(C)(O)O.CC1CC(N)CC1O. The van der Waals surface area contributed by atoms with Gasteiger partial charge in [0.05, 0.1) is 6.10 Å². The lowest BCUT2D eigenvalue weighted by Gasteiger charge is -2.03. The third-order valence-electron chi connectivity index (χ3n) is 1.88. The summed E-state index contributed by atoms with van der Waals surface area (Å²) in [6.45, 7) is 4.64. The molecule has 1 saturated carbocycles. The quantitative estimate of drug-likeness (QED) is 0.400. The smallest absolute Gasteiger partial charge is 0.156 e. The largest absolute Gasteiger partial charge is 0.393 e. The van der Waals surface area contributed by atoms with Crippen LogP contribution in [0, 0.1) is 5.92 Å². The van der Waals surface area contributed by atoms with E-state index in [2.05, 4.69) is 0 Å². The molecule has 1 rings (SSSR count). The Labute approximate surface area is 79.4 Å². The minimum absolute atomic E-state index is 0.134. The Bertz CT molecular complexity index is 128. The van der Waals surface area contributed by atoms with Gasteiger partial charge in [-0.1, -0.05) is 6.92 Å². The molecule has 1 aliphatic rings. The lowest BCUT2D eigenvalue weighted by molar-refractivity contribution is -0.127. The molecule has 0 heterocycles. The molecule has 0 bridgehead atoms. The van der Waals surface area contributed by atoms with Gasteiger partial charge < -0.3 is 21.1 Å². The van der Waals surface area contributed by atoms with E-state index >= 15 is 0 Å². The van der Waals surface area contributed by atoms with Gasteiger partial charge >= 0.3 is 0 Å². The van der Waals surface area contributed by atoms with Crippen LogP contribution in [0.1, 0.15) is 33.6 Å². The molecule has 1 aliphatic carbocycles. The summed E-state index contributed by atoms with van der Waals surface area (Å²) < 4.78 is 0. The van der Waals surface area contributed by atoms with E-state index in [4.69, 9.17) is 21.1 Å². The third-order valence-corrected chi connectivity index (χ3v) is 1.88. The van der Waals surface area contributed by atoms with Gasteiger partial charge in [-0.2, -0.15) is 0 Å². The number of hydrogen-bond donors (Lipinski definition) is 4. The Morgan fingerprint density at radius 2 is 1.62 bits per heavy atom. The van der Waals surface area contributed by atoms with Crippen LogP contribution in [0.2, 0.25) is 0 Å². The molecule has 3 atom stereocenters. The lowest BCUT2D eigenvalue weighted by atomic mass is 10.1. The summed E-state index contributed by atoms with van der Waals surface area (Å²) in [5.41, 5.74) is 5.56. The fourth-order valence-electron chi connectivity index (χ4n) is 1.27. The molecule has 0 aliphatic heterocycles. The van der Waals surface area contributed by atoms with Gasteiger partial charge in [-0.15, -0.1) is 0 Å². The predicted octanol–water partition coefficient (Wildman–Crippen LogP) is -0.188. The second-order valence-electron chi connectivity index (χ2n) is 4.27. The minimum atomic E-state index is -1.50. The molecule has 5 N–H and O–H groups in total. The van der Waals surface area contributed by atoms with Crippen molar-refractivity contribution in [1.82, 2.24) is 0 Å². The van der Waals surface area contributed by atoms with Gasteiger partial charge in [-0.25, -0.2) is 0 Å². The Morgan fingerprint density at radius 3 is 1.69 bits per heavy atom. The first-order valence-electron chi connectivity index (χ1n) is 4.58. The molecule has 3 unspecified atom stereocenters. The van der Waals surface area contributed by atoms with E-state index in [9.17, 15) is 0 Å². The van der Waals surface area contributed by atoms with Crippen molar-refractivity contribution in [3.63, 3.8) is 0 Å². The molecular formula is C9H21NO3. The van der Waals surface area contributed by atoms with Crippen LogP contribution in [0.15, 0.2) is 0 Å². The normalized spacial score (nSPS) is 33.9. The van der Waals surface area contributed by atoms with E-state index in [-0.39, 0.29) is 12.1 Å². The standard InChI is InChI=1S/C6H13NO.C3H8O2/c1-4-2-5(7)3-6(4)8;1-3(2,4)5/h4-6,8H,2-3,7H2,1H3;4-5H,1-2H3. The highest BCUT2D eigenvalue weighted by molar-refractivity contribution is 4.82. The predicted molar refractivity (Wildman–Crippen MR) is 50.9 cm³/mol. The molecule has 4 nitrogen and oxygen atoms in total. The van der Waals surface area contributed by atoms with E-state index in [1.54, 1.807) is 0 Å². The van der Waals surface area contributed by atoms with Crippen molar-refractivity contribution in [3.05, 3.63) is 0 Å². The zero-order valence-corrected chi connectivity index (χ0v) is 8.57. The molecule has 0 radical (unpaired) electrons. The average molecular weight is 191 g/mol. The number of rotatable bonds is 0. The van der Waals surface area contributed by atoms with Gasteiger partial charge in [0.25, 0.3) is 0 Å². The minimum Gasteiger partial charge on any atom is -0.393 e. The van der Waals surface area contributed by atoms with Crippen molar-refractivity contribution >= 4 is 0 Å². The van der Waals surface area contributed by atoms with Gasteiger partial charge in [0, 0.05) is 6.04 Å². The number of nitrogens with two attached hydrogens (primary N) is 1. The number of hydrogen-bond acceptors (Lipinski definition) is 4. The molecule has 4 heteroatoms. The van der Waals surface area contributed by atoms with Crippen LogP contribution < -0.4 is 5.73 Å². The van der Waals surface area contributed by atoms with Gasteiger partial charge in [0.1, 0.15) is 0 Å². The topological polar surface area (TPSA) is 86.7 Å². The van der Waals surface area contributed by atoms with Crippen LogP contribution >= 0.6 is 0 Å². The van der Waals surface area contributed by atoms with Crippen LogP contribution in [0.4, 0.5) is 0 Å². The molecule has 0 saturated heterocycles. The van der Waals surface area contributed by atoms with Gasteiger partial charge in [-0.3, -0.25) is 0 Å². The number of aliphatic hydroxyl groups excluding tert-OH is 1. The van der Waals surface area contributed by atoms with Crippen LogP contribution in [0.25, 0.3) is 0 Å². The average Bonchev–Trinajstić information content (AvgIpc) is 2.05. The molecule has 13 heavy (non-hydrogen) atoms. The molecule has 0 amide bonds. The Morgan fingerprint density at radius 1 is 1.23 bits per heavy atom. The first kappa shape index (κ1) is 12.8. The van der Waals surface area contributed by atoms with Crippen molar-refractivity contribution in [2.75, 3.05) is 0 Å². The van der Waals surface area contributed by atoms with Crippen LogP contribution in [-0.2, 0) is 0 Å². The highest BCUT2D eigenvalue weighted by Gasteiger charge is 2.26. The zero-order valence-electron chi connectivity index (χ0n) is 8.57. The molecular weight excluding hydrogens is 170 g/mol. The zero-order chi connectivity index (χ0) is 10.6. The highest BCUT2D eigenvalue weighted by atomic mass is 16.5. The van der Waals surface area contributed by atoms with Crippen molar-refractivity contribution in [2.24, 2.45) is 11.7 Å².